The van der Waals surface area contributed by atoms with Crippen molar-refractivity contribution < 1.29 is 14.7 Å². The third-order valence-electron chi connectivity index (χ3n) is 4.29. The van der Waals surface area contributed by atoms with Gasteiger partial charge < -0.3 is 15.7 Å². The Bertz CT molecular complexity index is 337. The van der Waals surface area contributed by atoms with Crippen molar-refractivity contribution in [2.45, 2.75) is 44.6 Å². The van der Waals surface area contributed by atoms with Gasteiger partial charge in [-0.3, -0.25) is 9.59 Å². The Balaban J connectivity index is 2.00. The second-order valence-electron chi connectivity index (χ2n) is 5.79. The Morgan fingerprint density at radius 1 is 1.33 bits per heavy atom. The highest BCUT2D eigenvalue weighted by Crippen LogP contribution is 2.33. The molecule has 0 aromatic carbocycles. The van der Waals surface area contributed by atoms with Gasteiger partial charge in [0.2, 0.25) is 5.91 Å². The summed E-state index contributed by atoms with van der Waals surface area (Å²) in [4.78, 5) is 23.2. The second kappa shape index (κ2) is 5.26. The molecule has 2 atom stereocenters. The van der Waals surface area contributed by atoms with Gasteiger partial charge in [-0.05, 0) is 25.3 Å². The van der Waals surface area contributed by atoms with Crippen molar-refractivity contribution >= 4 is 11.9 Å². The van der Waals surface area contributed by atoms with Crippen LogP contribution >= 0.6 is 0 Å². The molecule has 1 saturated carbocycles. The Labute approximate surface area is 107 Å². The lowest BCUT2D eigenvalue weighted by Gasteiger charge is -2.30. The van der Waals surface area contributed by atoms with Gasteiger partial charge in [0.05, 0.1) is 17.9 Å². The lowest BCUT2D eigenvalue weighted by molar-refractivity contribution is -0.139. The molecule has 2 rings (SSSR count). The first-order chi connectivity index (χ1) is 8.52. The summed E-state index contributed by atoms with van der Waals surface area (Å²) in [6.45, 7) is 3.63. The third-order valence-corrected chi connectivity index (χ3v) is 4.29. The fourth-order valence-corrected chi connectivity index (χ4v) is 3.20. The number of carbonyl (C=O) groups is 2. The molecule has 102 valence electrons. The van der Waals surface area contributed by atoms with E-state index >= 15 is 0 Å². The molecule has 0 bridgehead atoms. The quantitative estimate of drug-likeness (QED) is 0.691. The molecule has 2 aliphatic rings. The zero-order valence-corrected chi connectivity index (χ0v) is 10.9. The van der Waals surface area contributed by atoms with Gasteiger partial charge in [-0.1, -0.05) is 19.8 Å². The van der Waals surface area contributed by atoms with Crippen molar-refractivity contribution in [3.05, 3.63) is 0 Å². The van der Waals surface area contributed by atoms with Crippen molar-refractivity contribution in [3.8, 4) is 0 Å². The van der Waals surface area contributed by atoms with Crippen LogP contribution in [0.2, 0.25) is 0 Å². The first kappa shape index (κ1) is 13.3. The van der Waals surface area contributed by atoms with Gasteiger partial charge in [-0.15, -0.1) is 0 Å². The van der Waals surface area contributed by atoms with Gasteiger partial charge >= 0.3 is 5.97 Å². The standard InChI is InChI=1S/C13H22N2O3/c1-9-7-14-8-10(9)12(18)15-13(6-11(16)17)4-2-3-5-13/h9-10,14H,2-8H2,1H3,(H,15,18)(H,16,17). The van der Waals surface area contributed by atoms with Crippen molar-refractivity contribution in [2.24, 2.45) is 11.8 Å². The normalized spacial score (nSPS) is 30.3. The van der Waals surface area contributed by atoms with Gasteiger partial charge in [0.15, 0.2) is 0 Å². The predicted octanol–water partition coefficient (Wildman–Crippen LogP) is 0.746. The van der Waals surface area contributed by atoms with Crippen LogP contribution in [-0.2, 0) is 9.59 Å². The maximum atomic E-state index is 12.3. The molecular formula is C13H22N2O3. The molecule has 0 spiro atoms. The highest BCUT2D eigenvalue weighted by atomic mass is 16.4. The Hall–Kier alpha value is -1.10. The molecule has 0 radical (unpaired) electrons. The second-order valence-corrected chi connectivity index (χ2v) is 5.79. The van der Waals surface area contributed by atoms with Crippen molar-refractivity contribution in [3.63, 3.8) is 0 Å². The van der Waals surface area contributed by atoms with Crippen LogP contribution in [0.5, 0.6) is 0 Å². The Morgan fingerprint density at radius 3 is 2.50 bits per heavy atom. The van der Waals surface area contributed by atoms with E-state index in [4.69, 9.17) is 5.11 Å². The summed E-state index contributed by atoms with van der Waals surface area (Å²) < 4.78 is 0. The van der Waals surface area contributed by atoms with E-state index in [2.05, 4.69) is 17.6 Å². The topological polar surface area (TPSA) is 78.4 Å². The zero-order valence-electron chi connectivity index (χ0n) is 10.9. The number of aliphatic carboxylic acids is 1. The third kappa shape index (κ3) is 2.83. The van der Waals surface area contributed by atoms with E-state index in [9.17, 15) is 9.59 Å². The molecule has 5 nitrogen and oxygen atoms in total. The number of carboxylic acids is 1. The molecule has 2 unspecified atom stereocenters. The van der Waals surface area contributed by atoms with Crippen molar-refractivity contribution in [2.75, 3.05) is 13.1 Å². The fourth-order valence-electron chi connectivity index (χ4n) is 3.20. The molecule has 1 heterocycles. The number of hydrogen-bond acceptors (Lipinski definition) is 3. The molecule has 3 N–H and O–H groups in total. The Morgan fingerprint density at radius 2 is 2.00 bits per heavy atom. The minimum Gasteiger partial charge on any atom is -0.481 e. The highest BCUT2D eigenvalue weighted by molar-refractivity contribution is 5.81. The van der Waals surface area contributed by atoms with Gasteiger partial charge in [-0.2, -0.15) is 0 Å². The fraction of sp³-hybridized carbons (Fsp3) is 0.846. The van der Waals surface area contributed by atoms with E-state index in [1.165, 1.54) is 0 Å². The van der Waals surface area contributed by atoms with Crippen LogP contribution in [0.25, 0.3) is 0 Å². The minimum atomic E-state index is -0.824. The molecule has 1 amide bonds. The van der Waals surface area contributed by atoms with E-state index in [1.807, 2.05) is 0 Å². The number of carboxylic acid groups (broad SMARTS) is 1. The molecule has 2 fully saturated rings. The summed E-state index contributed by atoms with van der Waals surface area (Å²) >= 11 is 0. The van der Waals surface area contributed by atoms with Crippen LogP contribution in [0.15, 0.2) is 0 Å². The summed E-state index contributed by atoms with van der Waals surface area (Å²) in [5, 5.41) is 15.2. The summed E-state index contributed by atoms with van der Waals surface area (Å²) in [5.74, 6) is -0.491. The maximum absolute atomic E-state index is 12.3. The average molecular weight is 254 g/mol. The van der Waals surface area contributed by atoms with Crippen molar-refractivity contribution in [1.29, 1.82) is 0 Å². The van der Waals surface area contributed by atoms with Crippen molar-refractivity contribution in [1.82, 2.24) is 10.6 Å². The van der Waals surface area contributed by atoms with E-state index in [0.717, 1.165) is 32.2 Å². The first-order valence-corrected chi connectivity index (χ1v) is 6.77. The van der Waals surface area contributed by atoms with Gasteiger partial charge in [0.1, 0.15) is 0 Å². The van der Waals surface area contributed by atoms with E-state index < -0.39 is 11.5 Å². The summed E-state index contributed by atoms with van der Waals surface area (Å²) in [6.07, 6.45) is 3.64. The van der Waals surface area contributed by atoms with Crippen LogP contribution in [0.1, 0.15) is 39.0 Å². The maximum Gasteiger partial charge on any atom is 0.305 e. The average Bonchev–Trinajstić information content (AvgIpc) is 2.86. The van der Waals surface area contributed by atoms with Crippen LogP contribution in [-0.4, -0.2) is 35.6 Å². The summed E-state index contributed by atoms with van der Waals surface area (Å²) in [5.41, 5.74) is -0.495. The Kier molecular flexibility index (Phi) is 3.90. The van der Waals surface area contributed by atoms with Gasteiger partial charge in [0, 0.05) is 6.54 Å². The molecule has 5 heteroatoms. The van der Waals surface area contributed by atoms with E-state index in [0.29, 0.717) is 12.5 Å². The molecule has 0 aromatic rings. The SMILES string of the molecule is CC1CNCC1C(=O)NC1(CC(=O)O)CCCC1. The number of hydrogen-bond donors (Lipinski definition) is 3. The molecule has 18 heavy (non-hydrogen) atoms. The van der Waals surface area contributed by atoms with Crippen LogP contribution in [0.4, 0.5) is 0 Å². The monoisotopic (exact) mass is 254 g/mol. The van der Waals surface area contributed by atoms with Gasteiger partial charge in [-0.25, -0.2) is 0 Å². The summed E-state index contributed by atoms with van der Waals surface area (Å²) in [6, 6.07) is 0. The number of nitrogens with one attached hydrogen (secondary N) is 2. The number of rotatable bonds is 4. The predicted molar refractivity (Wildman–Crippen MR) is 67.1 cm³/mol. The molecule has 0 aromatic heterocycles. The first-order valence-electron chi connectivity index (χ1n) is 6.77. The molecular weight excluding hydrogens is 232 g/mol. The summed E-state index contributed by atoms with van der Waals surface area (Å²) in [7, 11) is 0. The van der Waals surface area contributed by atoms with Crippen LogP contribution in [0.3, 0.4) is 0 Å². The number of amides is 1. The lowest BCUT2D eigenvalue weighted by Crippen LogP contribution is -2.50. The smallest absolute Gasteiger partial charge is 0.305 e. The largest absolute Gasteiger partial charge is 0.481 e. The van der Waals surface area contributed by atoms with E-state index in [-0.39, 0.29) is 18.2 Å². The van der Waals surface area contributed by atoms with E-state index in [1.54, 1.807) is 0 Å². The minimum absolute atomic E-state index is 0.0173. The molecule has 1 aliphatic carbocycles. The molecule has 1 aliphatic heterocycles. The van der Waals surface area contributed by atoms with Crippen LogP contribution in [0, 0.1) is 11.8 Å². The number of carbonyl (C=O) groups excluding carboxylic acids is 1. The lowest BCUT2D eigenvalue weighted by atomic mass is 9.90. The molecule has 1 saturated heterocycles. The van der Waals surface area contributed by atoms with Crippen LogP contribution < -0.4 is 10.6 Å². The van der Waals surface area contributed by atoms with Gasteiger partial charge in [0.25, 0.3) is 0 Å². The zero-order chi connectivity index (χ0) is 13.2. The highest BCUT2D eigenvalue weighted by Gasteiger charge is 2.40.